The standard InChI is InChI=1S/C21H31BrN2OS/c22-19-6-4-5-17(15-19)16-24-12-9-18(10-13-24)21(25)23-11-14-26-20-7-2-1-3-8-20/h4-6,15,18,20H,1-3,7-14,16H2,(H,23,25). The van der Waals surface area contributed by atoms with Gasteiger partial charge in [-0.15, -0.1) is 0 Å². The minimum Gasteiger partial charge on any atom is -0.355 e. The van der Waals surface area contributed by atoms with Crippen molar-refractivity contribution in [1.29, 1.82) is 0 Å². The van der Waals surface area contributed by atoms with E-state index in [1.54, 1.807) is 0 Å². The molecule has 2 fully saturated rings. The molecule has 1 heterocycles. The van der Waals surface area contributed by atoms with E-state index in [0.717, 1.165) is 54.5 Å². The van der Waals surface area contributed by atoms with E-state index in [1.807, 2.05) is 0 Å². The Morgan fingerprint density at radius 3 is 2.65 bits per heavy atom. The van der Waals surface area contributed by atoms with Gasteiger partial charge in [-0.25, -0.2) is 0 Å². The van der Waals surface area contributed by atoms with Gasteiger partial charge in [-0.2, -0.15) is 11.8 Å². The number of benzene rings is 1. The van der Waals surface area contributed by atoms with Crippen molar-refractivity contribution in [2.24, 2.45) is 5.92 Å². The van der Waals surface area contributed by atoms with E-state index < -0.39 is 0 Å². The third-order valence-corrected chi connectivity index (χ3v) is 7.44. The molecule has 1 aromatic rings. The van der Waals surface area contributed by atoms with Gasteiger partial charge in [0.15, 0.2) is 0 Å². The van der Waals surface area contributed by atoms with E-state index in [9.17, 15) is 4.79 Å². The molecular weight excluding hydrogens is 408 g/mol. The van der Waals surface area contributed by atoms with Gasteiger partial charge in [0.25, 0.3) is 0 Å². The second-order valence-electron chi connectivity index (χ2n) is 7.60. The highest BCUT2D eigenvalue weighted by Gasteiger charge is 2.24. The molecule has 1 aliphatic carbocycles. The molecule has 0 spiro atoms. The molecule has 1 saturated heterocycles. The number of piperidine rings is 1. The quantitative estimate of drug-likeness (QED) is 0.617. The van der Waals surface area contributed by atoms with Crippen molar-refractivity contribution in [2.75, 3.05) is 25.4 Å². The molecule has 0 bridgehead atoms. The van der Waals surface area contributed by atoms with Crippen molar-refractivity contribution >= 4 is 33.6 Å². The van der Waals surface area contributed by atoms with Gasteiger partial charge in [0, 0.05) is 34.5 Å². The fourth-order valence-electron chi connectivity index (χ4n) is 4.02. The first-order chi connectivity index (χ1) is 12.7. The normalized spacial score (nSPS) is 20.2. The van der Waals surface area contributed by atoms with Crippen LogP contribution in [-0.4, -0.2) is 41.4 Å². The summed E-state index contributed by atoms with van der Waals surface area (Å²) in [6.45, 7) is 3.84. The fourth-order valence-corrected chi connectivity index (χ4v) is 5.69. The molecule has 2 aliphatic rings. The maximum Gasteiger partial charge on any atom is 0.223 e. The lowest BCUT2D eigenvalue weighted by molar-refractivity contribution is -0.126. The molecule has 1 N–H and O–H groups in total. The molecule has 5 heteroatoms. The first-order valence-corrected chi connectivity index (χ1v) is 11.9. The zero-order chi connectivity index (χ0) is 18.2. The maximum atomic E-state index is 12.4. The number of carbonyl (C=O) groups excluding carboxylic acids is 1. The molecule has 26 heavy (non-hydrogen) atoms. The lowest BCUT2D eigenvalue weighted by atomic mass is 9.95. The van der Waals surface area contributed by atoms with Crippen molar-refractivity contribution in [2.45, 2.75) is 56.7 Å². The summed E-state index contributed by atoms with van der Waals surface area (Å²) in [5.74, 6) is 1.54. The van der Waals surface area contributed by atoms with Crippen molar-refractivity contribution in [3.05, 3.63) is 34.3 Å². The Labute approximate surface area is 170 Å². The van der Waals surface area contributed by atoms with Crippen LogP contribution in [0.2, 0.25) is 0 Å². The first kappa shape index (κ1) is 20.2. The van der Waals surface area contributed by atoms with E-state index in [4.69, 9.17) is 0 Å². The van der Waals surface area contributed by atoms with Crippen LogP contribution < -0.4 is 5.32 Å². The minimum absolute atomic E-state index is 0.202. The molecule has 1 aliphatic heterocycles. The van der Waals surface area contributed by atoms with Gasteiger partial charge >= 0.3 is 0 Å². The van der Waals surface area contributed by atoms with Crippen LogP contribution >= 0.6 is 27.7 Å². The van der Waals surface area contributed by atoms with Crippen molar-refractivity contribution in [3.8, 4) is 0 Å². The van der Waals surface area contributed by atoms with Gasteiger partial charge in [0.05, 0.1) is 0 Å². The van der Waals surface area contributed by atoms with E-state index in [1.165, 1.54) is 37.7 Å². The van der Waals surface area contributed by atoms with Crippen LogP contribution in [0.4, 0.5) is 0 Å². The monoisotopic (exact) mass is 438 g/mol. The number of carbonyl (C=O) groups is 1. The molecule has 1 amide bonds. The van der Waals surface area contributed by atoms with Gasteiger partial charge in [0.1, 0.15) is 0 Å². The van der Waals surface area contributed by atoms with E-state index in [2.05, 4.69) is 62.2 Å². The van der Waals surface area contributed by atoms with Gasteiger partial charge in [-0.3, -0.25) is 9.69 Å². The number of amides is 1. The predicted molar refractivity (Wildman–Crippen MR) is 114 cm³/mol. The average molecular weight is 439 g/mol. The second kappa shape index (κ2) is 10.7. The Balaban J connectivity index is 1.30. The zero-order valence-electron chi connectivity index (χ0n) is 15.6. The number of rotatable bonds is 7. The Morgan fingerprint density at radius 1 is 1.15 bits per heavy atom. The van der Waals surface area contributed by atoms with Gasteiger partial charge in [0.2, 0.25) is 5.91 Å². The molecule has 0 aromatic heterocycles. The van der Waals surface area contributed by atoms with Crippen LogP contribution in [0.5, 0.6) is 0 Å². The summed E-state index contributed by atoms with van der Waals surface area (Å²) < 4.78 is 1.13. The summed E-state index contributed by atoms with van der Waals surface area (Å²) in [6.07, 6.45) is 8.90. The Hall–Kier alpha value is -0.520. The molecule has 3 rings (SSSR count). The number of hydrogen-bond donors (Lipinski definition) is 1. The molecule has 3 nitrogen and oxygen atoms in total. The van der Waals surface area contributed by atoms with E-state index in [-0.39, 0.29) is 11.8 Å². The highest BCUT2D eigenvalue weighted by Crippen LogP contribution is 2.27. The second-order valence-corrected chi connectivity index (χ2v) is 9.93. The van der Waals surface area contributed by atoms with Crippen molar-refractivity contribution in [3.63, 3.8) is 0 Å². The molecular formula is C21H31BrN2OS. The summed E-state index contributed by atoms with van der Waals surface area (Å²) in [5, 5.41) is 4.01. The SMILES string of the molecule is O=C(NCCSC1CCCCC1)C1CCN(Cc2cccc(Br)c2)CC1. The molecule has 0 atom stereocenters. The highest BCUT2D eigenvalue weighted by molar-refractivity contribution is 9.10. The number of hydrogen-bond acceptors (Lipinski definition) is 3. The van der Waals surface area contributed by atoms with E-state index >= 15 is 0 Å². The van der Waals surface area contributed by atoms with Gasteiger partial charge in [-0.05, 0) is 56.5 Å². The third kappa shape index (κ3) is 6.58. The number of thioether (sulfide) groups is 1. The Morgan fingerprint density at radius 2 is 1.92 bits per heavy atom. The van der Waals surface area contributed by atoms with Crippen LogP contribution in [0, 0.1) is 5.92 Å². The molecule has 1 aromatic carbocycles. The number of halogens is 1. The highest BCUT2D eigenvalue weighted by atomic mass is 79.9. The lowest BCUT2D eigenvalue weighted by Gasteiger charge is -2.31. The third-order valence-electron chi connectivity index (χ3n) is 5.56. The summed E-state index contributed by atoms with van der Waals surface area (Å²) in [5.41, 5.74) is 1.34. The largest absolute Gasteiger partial charge is 0.355 e. The first-order valence-electron chi connectivity index (χ1n) is 10.1. The van der Waals surface area contributed by atoms with Crippen LogP contribution in [0.3, 0.4) is 0 Å². The summed E-state index contributed by atoms with van der Waals surface area (Å²) in [6, 6.07) is 8.51. The average Bonchev–Trinajstić information content (AvgIpc) is 2.66. The summed E-state index contributed by atoms with van der Waals surface area (Å²) in [4.78, 5) is 14.9. The van der Waals surface area contributed by atoms with Crippen LogP contribution in [0.15, 0.2) is 28.7 Å². The number of nitrogens with zero attached hydrogens (tertiary/aromatic N) is 1. The van der Waals surface area contributed by atoms with Gasteiger partial charge < -0.3 is 5.32 Å². The zero-order valence-corrected chi connectivity index (χ0v) is 18.0. The van der Waals surface area contributed by atoms with Crippen molar-refractivity contribution in [1.82, 2.24) is 10.2 Å². The van der Waals surface area contributed by atoms with Crippen LogP contribution in [-0.2, 0) is 11.3 Å². The number of likely N-dealkylation sites (tertiary alicyclic amines) is 1. The van der Waals surface area contributed by atoms with Crippen molar-refractivity contribution < 1.29 is 4.79 Å². The van der Waals surface area contributed by atoms with E-state index in [0.29, 0.717) is 0 Å². The molecule has 0 radical (unpaired) electrons. The fraction of sp³-hybridized carbons (Fsp3) is 0.667. The number of nitrogens with one attached hydrogen (secondary N) is 1. The summed E-state index contributed by atoms with van der Waals surface area (Å²) >= 11 is 5.60. The lowest BCUT2D eigenvalue weighted by Crippen LogP contribution is -2.40. The Bertz CT molecular complexity index is 569. The van der Waals surface area contributed by atoms with Gasteiger partial charge in [-0.1, -0.05) is 47.3 Å². The maximum absolute atomic E-state index is 12.4. The topological polar surface area (TPSA) is 32.3 Å². The smallest absolute Gasteiger partial charge is 0.223 e. The Kier molecular flexibility index (Phi) is 8.34. The molecule has 0 unspecified atom stereocenters. The predicted octanol–water partition coefficient (Wildman–Crippen LogP) is 4.84. The van der Waals surface area contributed by atoms with Crippen LogP contribution in [0.1, 0.15) is 50.5 Å². The molecule has 144 valence electrons. The van der Waals surface area contributed by atoms with Crippen LogP contribution in [0.25, 0.3) is 0 Å². The summed E-state index contributed by atoms with van der Waals surface area (Å²) in [7, 11) is 0. The minimum atomic E-state index is 0.202. The molecule has 1 saturated carbocycles.